The quantitative estimate of drug-likeness (QED) is 0.619. The van der Waals surface area contributed by atoms with Crippen LogP contribution in [0.25, 0.3) is 6.08 Å². The number of ether oxygens (including phenoxy) is 1. The topological polar surface area (TPSA) is 95.9 Å². The molecule has 1 aliphatic rings. The number of nitrogens with zero attached hydrogens (tertiary/aromatic N) is 1. The molecule has 2 aromatic carbocycles. The summed E-state index contributed by atoms with van der Waals surface area (Å²) in [5.74, 6) is -0.927. The van der Waals surface area contributed by atoms with Gasteiger partial charge in [-0.25, -0.2) is 0 Å². The van der Waals surface area contributed by atoms with Crippen LogP contribution in [-0.2, 0) is 14.4 Å². The van der Waals surface area contributed by atoms with Gasteiger partial charge in [-0.2, -0.15) is 0 Å². The van der Waals surface area contributed by atoms with Crippen molar-refractivity contribution in [3.8, 4) is 5.75 Å². The molecule has 1 atom stereocenters. The molecule has 2 amide bonds. The molecule has 1 aliphatic heterocycles. The normalized spacial score (nSPS) is 15.3. The van der Waals surface area contributed by atoms with E-state index in [1.165, 1.54) is 7.11 Å². The summed E-state index contributed by atoms with van der Waals surface area (Å²) in [4.78, 5) is 38.4. The fourth-order valence-electron chi connectivity index (χ4n) is 3.77. The number of carbonyl (C=O) groups is 3. The lowest BCUT2D eigenvalue weighted by molar-refractivity contribution is -0.138. The van der Waals surface area contributed by atoms with E-state index in [9.17, 15) is 19.5 Å². The summed E-state index contributed by atoms with van der Waals surface area (Å²) in [6.45, 7) is 0.970. The van der Waals surface area contributed by atoms with E-state index in [4.69, 9.17) is 4.74 Å². The van der Waals surface area contributed by atoms with Crippen molar-refractivity contribution in [1.82, 2.24) is 10.2 Å². The van der Waals surface area contributed by atoms with Crippen LogP contribution in [0.5, 0.6) is 5.75 Å². The summed E-state index contributed by atoms with van der Waals surface area (Å²) in [7, 11) is 1.54. The fourth-order valence-corrected chi connectivity index (χ4v) is 3.77. The van der Waals surface area contributed by atoms with Gasteiger partial charge in [-0.15, -0.1) is 0 Å². The minimum Gasteiger partial charge on any atom is -0.497 e. The van der Waals surface area contributed by atoms with Crippen LogP contribution in [0.15, 0.2) is 60.7 Å². The van der Waals surface area contributed by atoms with Crippen molar-refractivity contribution in [3.63, 3.8) is 0 Å². The number of rotatable bonds is 8. The van der Waals surface area contributed by atoms with Gasteiger partial charge >= 0.3 is 5.97 Å². The lowest BCUT2D eigenvalue weighted by Gasteiger charge is -2.31. The molecule has 0 aliphatic carbocycles. The zero-order valence-electron chi connectivity index (χ0n) is 18.1. The van der Waals surface area contributed by atoms with Crippen molar-refractivity contribution in [2.75, 3.05) is 20.2 Å². The molecule has 0 aromatic heterocycles. The molecular weight excluding hydrogens is 408 g/mol. The summed E-state index contributed by atoms with van der Waals surface area (Å²) in [5, 5.41) is 12.2. The Bertz CT molecular complexity index is 965. The molecule has 32 heavy (non-hydrogen) atoms. The molecule has 168 valence electrons. The molecule has 3 rings (SSSR count). The highest BCUT2D eigenvalue weighted by Crippen LogP contribution is 2.24. The third kappa shape index (κ3) is 6.44. The molecule has 7 nitrogen and oxygen atoms in total. The number of carboxylic acid groups (broad SMARTS) is 1. The number of nitrogens with one attached hydrogen (secondary N) is 1. The van der Waals surface area contributed by atoms with E-state index in [1.54, 1.807) is 41.3 Å². The van der Waals surface area contributed by atoms with E-state index in [0.717, 1.165) is 5.56 Å². The first-order valence-electron chi connectivity index (χ1n) is 10.6. The van der Waals surface area contributed by atoms with Crippen LogP contribution in [0.1, 0.15) is 36.4 Å². The SMILES string of the molecule is COc1cccc(C(CC(=O)O)NC(=O)C2CCN(C(=O)/C=C/c3ccccc3)CC2)c1. The number of methoxy groups -OCH3 is 1. The second kappa shape index (κ2) is 11.1. The number of carbonyl (C=O) groups excluding carboxylic acids is 2. The van der Waals surface area contributed by atoms with Gasteiger partial charge in [0.05, 0.1) is 19.6 Å². The monoisotopic (exact) mass is 436 g/mol. The number of amides is 2. The standard InChI is InChI=1S/C25H28N2O5/c1-32-21-9-5-8-20(16-21)22(17-24(29)30)26-25(31)19-12-14-27(15-13-19)23(28)11-10-18-6-3-2-4-7-18/h2-11,16,19,22H,12-15,17H2,1H3,(H,26,31)(H,29,30)/b11-10+. The van der Waals surface area contributed by atoms with Crippen molar-refractivity contribution < 1.29 is 24.2 Å². The minimum atomic E-state index is -0.997. The van der Waals surface area contributed by atoms with E-state index < -0.39 is 12.0 Å². The second-order valence-electron chi connectivity index (χ2n) is 7.78. The summed E-state index contributed by atoms with van der Waals surface area (Å²) >= 11 is 0. The van der Waals surface area contributed by atoms with E-state index in [1.807, 2.05) is 30.3 Å². The average molecular weight is 437 g/mol. The molecule has 7 heteroatoms. The van der Waals surface area contributed by atoms with Crippen LogP contribution >= 0.6 is 0 Å². The number of carboxylic acids is 1. The van der Waals surface area contributed by atoms with E-state index in [0.29, 0.717) is 37.2 Å². The smallest absolute Gasteiger partial charge is 0.305 e. The van der Waals surface area contributed by atoms with Crippen LogP contribution in [0, 0.1) is 5.92 Å². The summed E-state index contributed by atoms with van der Waals surface area (Å²) in [6.07, 6.45) is 4.19. The third-order valence-electron chi connectivity index (χ3n) is 5.59. The number of hydrogen-bond acceptors (Lipinski definition) is 4. The zero-order chi connectivity index (χ0) is 22.9. The van der Waals surface area contributed by atoms with E-state index in [2.05, 4.69) is 5.32 Å². The van der Waals surface area contributed by atoms with Crippen molar-refractivity contribution in [3.05, 3.63) is 71.8 Å². The Morgan fingerprint density at radius 1 is 1.12 bits per heavy atom. The molecule has 1 unspecified atom stereocenters. The van der Waals surface area contributed by atoms with Gasteiger partial charge in [-0.3, -0.25) is 14.4 Å². The van der Waals surface area contributed by atoms with E-state index in [-0.39, 0.29) is 24.2 Å². The van der Waals surface area contributed by atoms with Gasteiger partial charge in [-0.05, 0) is 42.2 Å². The lowest BCUT2D eigenvalue weighted by atomic mass is 9.94. The maximum atomic E-state index is 12.9. The number of likely N-dealkylation sites (tertiary alicyclic amines) is 1. The van der Waals surface area contributed by atoms with Crippen molar-refractivity contribution in [1.29, 1.82) is 0 Å². The maximum absolute atomic E-state index is 12.9. The second-order valence-corrected chi connectivity index (χ2v) is 7.78. The molecule has 0 bridgehead atoms. The number of piperidine rings is 1. The molecule has 2 aromatic rings. The van der Waals surface area contributed by atoms with Gasteiger partial charge in [0.2, 0.25) is 11.8 Å². The molecule has 0 radical (unpaired) electrons. The van der Waals surface area contributed by atoms with Gasteiger partial charge in [0.25, 0.3) is 0 Å². The van der Waals surface area contributed by atoms with Gasteiger partial charge in [0.1, 0.15) is 5.75 Å². The number of benzene rings is 2. The summed E-state index contributed by atoms with van der Waals surface area (Å²) in [5.41, 5.74) is 1.64. The van der Waals surface area contributed by atoms with Crippen LogP contribution in [-0.4, -0.2) is 48.0 Å². The maximum Gasteiger partial charge on any atom is 0.305 e. The third-order valence-corrected chi connectivity index (χ3v) is 5.59. The van der Waals surface area contributed by atoms with Gasteiger partial charge < -0.3 is 20.1 Å². The molecule has 0 saturated carbocycles. The number of hydrogen-bond donors (Lipinski definition) is 2. The lowest BCUT2D eigenvalue weighted by Crippen LogP contribution is -2.43. The minimum absolute atomic E-state index is 0.0761. The Balaban J connectivity index is 1.56. The number of aliphatic carboxylic acids is 1. The van der Waals surface area contributed by atoms with Crippen molar-refractivity contribution >= 4 is 23.9 Å². The Morgan fingerprint density at radius 3 is 2.50 bits per heavy atom. The van der Waals surface area contributed by atoms with Crippen molar-refractivity contribution in [2.45, 2.75) is 25.3 Å². The first kappa shape index (κ1) is 23.1. The predicted octanol–water partition coefficient (Wildman–Crippen LogP) is 3.28. The van der Waals surface area contributed by atoms with Gasteiger partial charge in [0, 0.05) is 25.1 Å². The Kier molecular flexibility index (Phi) is 8.02. The molecule has 1 saturated heterocycles. The highest BCUT2D eigenvalue weighted by molar-refractivity contribution is 5.92. The molecular formula is C25H28N2O5. The highest BCUT2D eigenvalue weighted by atomic mass is 16.5. The molecule has 2 N–H and O–H groups in total. The highest BCUT2D eigenvalue weighted by Gasteiger charge is 2.29. The largest absolute Gasteiger partial charge is 0.497 e. The molecule has 0 spiro atoms. The Labute approximate surface area is 187 Å². The zero-order valence-corrected chi connectivity index (χ0v) is 18.1. The Hall–Kier alpha value is -3.61. The predicted molar refractivity (Wildman–Crippen MR) is 121 cm³/mol. The van der Waals surface area contributed by atoms with Gasteiger partial charge in [0.15, 0.2) is 0 Å². The van der Waals surface area contributed by atoms with Crippen LogP contribution in [0.3, 0.4) is 0 Å². The summed E-state index contributed by atoms with van der Waals surface area (Å²) in [6, 6.07) is 16.0. The van der Waals surface area contributed by atoms with Crippen LogP contribution in [0.2, 0.25) is 0 Å². The first-order chi connectivity index (χ1) is 15.5. The molecule has 1 fully saturated rings. The van der Waals surface area contributed by atoms with Crippen molar-refractivity contribution in [2.24, 2.45) is 5.92 Å². The van der Waals surface area contributed by atoms with Gasteiger partial charge in [-0.1, -0.05) is 42.5 Å². The Morgan fingerprint density at radius 2 is 1.84 bits per heavy atom. The van der Waals surface area contributed by atoms with Crippen LogP contribution < -0.4 is 10.1 Å². The van der Waals surface area contributed by atoms with E-state index >= 15 is 0 Å². The fraction of sp³-hybridized carbons (Fsp3) is 0.320. The molecule has 1 heterocycles. The summed E-state index contributed by atoms with van der Waals surface area (Å²) < 4.78 is 5.21. The average Bonchev–Trinajstić information content (AvgIpc) is 2.82. The van der Waals surface area contributed by atoms with Crippen LogP contribution in [0.4, 0.5) is 0 Å². The first-order valence-corrected chi connectivity index (χ1v) is 10.6.